The van der Waals surface area contributed by atoms with E-state index in [1.54, 1.807) is 30.3 Å². The van der Waals surface area contributed by atoms with Crippen molar-refractivity contribution in [2.24, 2.45) is 0 Å². The van der Waals surface area contributed by atoms with Gasteiger partial charge in [-0.25, -0.2) is 0 Å². The van der Waals surface area contributed by atoms with Crippen molar-refractivity contribution in [2.45, 2.75) is 6.61 Å². The molecule has 0 bridgehead atoms. The van der Waals surface area contributed by atoms with Crippen molar-refractivity contribution in [3.8, 4) is 11.8 Å². The second-order valence-electron chi connectivity index (χ2n) is 5.85. The van der Waals surface area contributed by atoms with Crippen LogP contribution in [0.25, 0.3) is 6.08 Å². The molecule has 0 spiro atoms. The maximum atomic E-state index is 12.4. The second kappa shape index (κ2) is 8.98. The molecule has 0 unspecified atom stereocenters. The molecule has 0 saturated carbocycles. The summed E-state index contributed by atoms with van der Waals surface area (Å²) in [7, 11) is 0. The van der Waals surface area contributed by atoms with Gasteiger partial charge in [-0.05, 0) is 41.5 Å². The van der Waals surface area contributed by atoms with Crippen LogP contribution < -0.4 is 4.74 Å². The number of ether oxygens (including phenoxy) is 1. The fourth-order valence-corrected chi connectivity index (χ4v) is 2.73. The predicted octanol–water partition coefficient (Wildman–Crippen LogP) is 5.82. The van der Waals surface area contributed by atoms with Gasteiger partial charge in [0.2, 0.25) is 5.78 Å². The fraction of sp³-hybridized carbons (Fsp3) is 0.0435. The number of halogens is 1. The lowest BCUT2D eigenvalue weighted by Gasteiger charge is -2.07. The normalized spacial score (nSPS) is 10.9. The highest BCUT2D eigenvalue weighted by Crippen LogP contribution is 2.18. The van der Waals surface area contributed by atoms with Gasteiger partial charge in [0, 0.05) is 10.0 Å². The van der Waals surface area contributed by atoms with Crippen LogP contribution in [0.15, 0.2) is 88.9 Å². The summed E-state index contributed by atoms with van der Waals surface area (Å²) < 4.78 is 6.80. The molecule has 0 aliphatic heterocycles. The Morgan fingerprint density at radius 1 is 0.963 bits per heavy atom. The molecule has 3 aromatic carbocycles. The maximum Gasteiger partial charge on any atom is 0.203 e. The van der Waals surface area contributed by atoms with E-state index in [-0.39, 0.29) is 11.4 Å². The molecule has 0 aliphatic carbocycles. The third kappa shape index (κ3) is 5.16. The molecule has 0 N–H and O–H groups in total. The fourth-order valence-electron chi connectivity index (χ4n) is 2.47. The highest BCUT2D eigenvalue weighted by molar-refractivity contribution is 9.10. The molecule has 0 fully saturated rings. The highest BCUT2D eigenvalue weighted by Gasteiger charge is 2.11. The Hall–Kier alpha value is -3.16. The standard InChI is InChI=1S/C23H16BrNO2/c24-21-10-6-18(7-11-21)16-27-22-12-8-17(9-13-22)14-20(15-25)23(26)19-4-2-1-3-5-19/h1-14H,16H2/b20-14+. The minimum atomic E-state index is -0.284. The molecule has 0 aliphatic rings. The van der Waals surface area contributed by atoms with Gasteiger partial charge in [-0.2, -0.15) is 5.26 Å². The molecule has 0 aromatic heterocycles. The van der Waals surface area contributed by atoms with Gasteiger partial charge in [0.05, 0.1) is 0 Å². The number of hydrogen-bond donors (Lipinski definition) is 0. The Labute approximate surface area is 166 Å². The molecule has 4 heteroatoms. The second-order valence-corrected chi connectivity index (χ2v) is 6.76. The predicted molar refractivity (Wildman–Crippen MR) is 109 cm³/mol. The summed E-state index contributed by atoms with van der Waals surface area (Å²) in [5, 5.41) is 9.34. The molecule has 0 saturated heterocycles. The minimum absolute atomic E-state index is 0.102. The average Bonchev–Trinajstić information content (AvgIpc) is 2.72. The number of nitriles is 1. The van der Waals surface area contributed by atoms with Crippen molar-refractivity contribution in [2.75, 3.05) is 0 Å². The number of ketones is 1. The molecule has 0 radical (unpaired) electrons. The summed E-state index contributed by atoms with van der Waals surface area (Å²) in [5.74, 6) is 0.441. The van der Waals surface area contributed by atoms with E-state index < -0.39 is 0 Å². The molecule has 0 heterocycles. The van der Waals surface area contributed by atoms with Crippen molar-refractivity contribution < 1.29 is 9.53 Å². The topological polar surface area (TPSA) is 50.1 Å². The molecule has 132 valence electrons. The number of nitrogens with zero attached hydrogens (tertiary/aromatic N) is 1. The third-order valence-corrected chi connectivity index (χ3v) is 4.44. The zero-order valence-electron chi connectivity index (χ0n) is 14.4. The first-order valence-corrected chi connectivity index (χ1v) is 9.14. The first-order chi connectivity index (χ1) is 13.2. The Kier molecular flexibility index (Phi) is 6.19. The van der Waals surface area contributed by atoms with Crippen LogP contribution in [-0.4, -0.2) is 5.78 Å². The summed E-state index contributed by atoms with van der Waals surface area (Å²) in [6, 6.07) is 26.0. The molecule has 0 atom stereocenters. The van der Waals surface area contributed by atoms with Crippen molar-refractivity contribution in [1.82, 2.24) is 0 Å². The Morgan fingerprint density at radius 3 is 2.26 bits per heavy atom. The lowest BCUT2D eigenvalue weighted by Crippen LogP contribution is -2.01. The third-order valence-electron chi connectivity index (χ3n) is 3.91. The van der Waals surface area contributed by atoms with E-state index in [9.17, 15) is 10.1 Å². The van der Waals surface area contributed by atoms with E-state index >= 15 is 0 Å². The van der Waals surface area contributed by atoms with E-state index in [1.807, 2.05) is 60.7 Å². The summed E-state index contributed by atoms with van der Waals surface area (Å²) in [6.07, 6.45) is 1.59. The number of rotatable bonds is 6. The van der Waals surface area contributed by atoms with Crippen molar-refractivity contribution in [3.63, 3.8) is 0 Å². The summed E-state index contributed by atoms with van der Waals surface area (Å²) in [5.41, 5.74) is 2.44. The van der Waals surface area contributed by atoms with Gasteiger partial charge in [0.15, 0.2) is 0 Å². The highest BCUT2D eigenvalue weighted by atomic mass is 79.9. The van der Waals surface area contributed by atoms with E-state index in [0.29, 0.717) is 12.2 Å². The lowest BCUT2D eigenvalue weighted by molar-refractivity contribution is 0.104. The molecular weight excluding hydrogens is 402 g/mol. The number of Topliss-reactive ketones (excluding diaryl/α,β-unsaturated/α-hetero) is 1. The number of allylic oxidation sites excluding steroid dienone is 1. The van der Waals surface area contributed by atoms with E-state index in [4.69, 9.17) is 4.74 Å². The molecule has 3 rings (SSSR count). The first-order valence-electron chi connectivity index (χ1n) is 8.34. The molecule has 0 amide bonds. The first kappa shape index (κ1) is 18.6. The molecule has 3 aromatic rings. The number of carbonyl (C=O) groups is 1. The Balaban J connectivity index is 1.68. The van der Waals surface area contributed by atoms with Gasteiger partial charge in [-0.3, -0.25) is 4.79 Å². The number of benzene rings is 3. The average molecular weight is 418 g/mol. The summed E-state index contributed by atoms with van der Waals surface area (Å²) in [6.45, 7) is 0.471. The Morgan fingerprint density at radius 2 is 1.63 bits per heavy atom. The summed E-state index contributed by atoms with van der Waals surface area (Å²) >= 11 is 3.41. The summed E-state index contributed by atoms with van der Waals surface area (Å²) in [4.78, 5) is 12.4. The van der Waals surface area contributed by atoms with Crippen LogP contribution in [0.2, 0.25) is 0 Å². The van der Waals surface area contributed by atoms with Crippen LogP contribution >= 0.6 is 15.9 Å². The smallest absolute Gasteiger partial charge is 0.203 e. The number of carbonyl (C=O) groups excluding carboxylic acids is 1. The zero-order valence-corrected chi connectivity index (χ0v) is 16.0. The van der Waals surface area contributed by atoms with Crippen molar-refractivity contribution in [1.29, 1.82) is 5.26 Å². The molecule has 3 nitrogen and oxygen atoms in total. The van der Waals surface area contributed by atoms with Crippen LogP contribution in [0.5, 0.6) is 5.75 Å². The van der Waals surface area contributed by atoms with Crippen LogP contribution in [0, 0.1) is 11.3 Å². The SMILES string of the molecule is N#C/C(=C\c1ccc(OCc2ccc(Br)cc2)cc1)C(=O)c1ccccc1. The van der Waals surface area contributed by atoms with Gasteiger partial charge >= 0.3 is 0 Å². The van der Waals surface area contributed by atoms with Crippen LogP contribution in [0.3, 0.4) is 0 Å². The largest absolute Gasteiger partial charge is 0.489 e. The van der Waals surface area contributed by atoms with Gasteiger partial charge < -0.3 is 4.74 Å². The van der Waals surface area contributed by atoms with Crippen molar-refractivity contribution in [3.05, 3.63) is 106 Å². The van der Waals surface area contributed by atoms with Gasteiger partial charge in [0.25, 0.3) is 0 Å². The van der Waals surface area contributed by atoms with E-state index in [2.05, 4.69) is 15.9 Å². The van der Waals surface area contributed by atoms with Gasteiger partial charge in [0.1, 0.15) is 24.0 Å². The lowest BCUT2D eigenvalue weighted by atomic mass is 10.0. The molecular formula is C23H16BrNO2. The van der Waals surface area contributed by atoms with Crippen LogP contribution in [0.4, 0.5) is 0 Å². The quantitative estimate of drug-likeness (QED) is 0.288. The monoisotopic (exact) mass is 417 g/mol. The van der Waals surface area contributed by atoms with Crippen LogP contribution in [0.1, 0.15) is 21.5 Å². The zero-order chi connectivity index (χ0) is 19.1. The van der Waals surface area contributed by atoms with Crippen molar-refractivity contribution >= 4 is 27.8 Å². The van der Waals surface area contributed by atoms with E-state index in [1.165, 1.54) is 0 Å². The van der Waals surface area contributed by atoms with E-state index in [0.717, 1.165) is 21.3 Å². The van der Waals surface area contributed by atoms with Crippen LogP contribution in [-0.2, 0) is 6.61 Å². The number of hydrogen-bond acceptors (Lipinski definition) is 3. The Bertz CT molecular complexity index is 985. The van der Waals surface area contributed by atoms with Gasteiger partial charge in [-0.15, -0.1) is 0 Å². The maximum absolute atomic E-state index is 12.4. The molecule has 27 heavy (non-hydrogen) atoms. The van der Waals surface area contributed by atoms with Gasteiger partial charge in [-0.1, -0.05) is 70.5 Å². The minimum Gasteiger partial charge on any atom is -0.489 e.